The maximum atomic E-state index is 12.4. The van der Waals surface area contributed by atoms with E-state index in [9.17, 15) is 4.79 Å². The van der Waals surface area contributed by atoms with Crippen LogP contribution in [0.5, 0.6) is 0 Å². The summed E-state index contributed by atoms with van der Waals surface area (Å²) in [5.74, 6) is 0.0136. The zero-order chi connectivity index (χ0) is 19.8. The van der Waals surface area contributed by atoms with Crippen LogP contribution in [0.25, 0.3) is 11.1 Å². The van der Waals surface area contributed by atoms with Crippen LogP contribution in [0.2, 0.25) is 4.34 Å². The number of benzene rings is 1. The van der Waals surface area contributed by atoms with Crippen LogP contribution in [0, 0.1) is 13.8 Å². The van der Waals surface area contributed by atoms with Gasteiger partial charge in [0.1, 0.15) is 0 Å². The summed E-state index contributed by atoms with van der Waals surface area (Å²) in [6, 6.07) is 12.6. The summed E-state index contributed by atoms with van der Waals surface area (Å²) in [5.41, 5.74) is 6.84. The van der Waals surface area contributed by atoms with Crippen molar-refractivity contribution in [3.8, 4) is 11.1 Å². The van der Waals surface area contributed by atoms with Crippen molar-refractivity contribution in [3.05, 3.63) is 86.8 Å². The van der Waals surface area contributed by atoms with Gasteiger partial charge in [-0.05, 0) is 54.3 Å². The fourth-order valence-electron chi connectivity index (χ4n) is 3.80. The highest BCUT2D eigenvalue weighted by atomic mass is 35.5. The molecule has 1 aliphatic heterocycles. The molecule has 1 aromatic carbocycles. The molecule has 0 saturated heterocycles. The first-order valence-electron chi connectivity index (χ1n) is 9.20. The fourth-order valence-corrected chi connectivity index (χ4v) is 5.16. The number of rotatable bonds is 3. The normalized spacial score (nSPS) is 16.0. The van der Waals surface area contributed by atoms with Gasteiger partial charge in [0.05, 0.1) is 10.9 Å². The van der Waals surface area contributed by atoms with Crippen molar-refractivity contribution in [1.29, 1.82) is 0 Å². The van der Waals surface area contributed by atoms with E-state index in [1.54, 1.807) is 11.3 Å². The van der Waals surface area contributed by atoms with E-state index < -0.39 is 0 Å². The Kier molecular flexibility index (Phi) is 5.09. The van der Waals surface area contributed by atoms with Crippen molar-refractivity contribution < 1.29 is 4.79 Å². The number of aromatic nitrogens is 1. The van der Waals surface area contributed by atoms with E-state index in [1.807, 2.05) is 24.1 Å². The molecule has 2 aromatic heterocycles. The molecule has 1 amide bonds. The molecule has 0 N–H and O–H groups in total. The van der Waals surface area contributed by atoms with E-state index in [0.29, 0.717) is 13.1 Å². The zero-order valence-corrected chi connectivity index (χ0v) is 17.5. The van der Waals surface area contributed by atoms with E-state index in [-0.39, 0.29) is 11.8 Å². The van der Waals surface area contributed by atoms with Gasteiger partial charge in [0.25, 0.3) is 0 Å². The Balaban J connectivity index is 1.85. The van der Waals surface area contributed by atoms with Crippen LogP contribution < -0.4 is 0 Å². The second-order valence-electron chi connectivity index (χ2n) is 7.12. The lowest BCUT2D eigenvalue weighted by Gasteiger charge is -2.33. The molecule has 3 aromatic rings. The molecular weight excluding hydrogens is 388 g/mol. The smallest absolute Gasteiger partial charge is 0.246 e. The molecule has 28 heavy (non-hydrogen) atoms. The predicted octanol–water partition coefficient (Wildman–Crippen LogP) is 5.74. The molecule has 0 bridgehead atoms. The summed E-state index contributed by atoms with van der Waals surface area (Å²) < 4.78 is 0.758. The number of hydrogen-bond donors (Lipinski definition) is 0. The number of carbonyl (C=O) groups excluding carboxylic acids is 1. The Hall–Kier alpha value is -2.43. The van der Waals surface area contributed by atoms with Crippen molar-refractivity contribution in [2.75, 3.05) is 6.54 Å². The number of halogens is 1. The summed E-state index contributed by atoms with van der Waals surface area (Å²) in [7, 11) is 0. The highest BCUT2D eigenvalue weighted by Gasteiger charge is 2.31. The van der Waals surface area contributed by atoms with Gasteiger partial charge in [0, 0.05) is 34.8 Å². The van der Waals surface area contributed by atoms with E-state index in [4.69, 9.17) is 11.6 Å². The van der Waals surface area contributed by atoms with Gasteiger partial charge in [-0.15, -0.1) is 11.3 Å². The molecule has 1 aliphatic rings. The minimum absolute atomic E-state index is 0.0505. The number of thiophene rings is 1. The quantitative estimate of drug-likeness (QED) is 0.517. The SMILES string of the molecule is C=CC(=O)N1Cc2sc(Cl)cc2[C@@H](c2ccccc2-c2cnc(C)c(C)c2)C1. The number of carbonyl (C=O) groups is 1. The van der Waals surface area contributed by atoms with Crippen LogP contribution in [0.4, 0.5) is 0 Å². The molecule has 0 fully saturated rings. The highest BCUT2D eigenvalue weighted by Crippen LogP contribution is 2.42. The van der Waals surface area contributed by atoms with Crippen LogP contribution in [0.15, 0.2) is 55.3 Å². The first-order valence-corrected chi connectivity index (χ1v) is 10.4. The molecule has 4 rings (SSSR count). The van der Waals surface area contributed by atoms with Gasteiger partial charge >= 0.3 is 0 Å². The Morgan fingerprint density at radius 1 is 1.29 bits per heavy atom. The van der Waals surface area contributed by atoms with Gasteiger partial charge in [0.2, 0.25) is 5.91 Å². The van der Waals surface area contributed by atoms with Crippen LogP contribution >= 0.6 is 22.9 Å². The Morgan fingerprint density at radius 3 is 2.82 bits per heavy atom. The lowest BCUT2D eigenvalue weighted by Crippen LogP contribution is -2.37. The molecule has 3 nitrogen and oxygen atoms in total. The molecule has 1 atom stereocenters. The second-order valence-corrected chi connectivity index (χ2v) is 8.89. The van der Waals surface area contributed by atoms with E-state index >= 15 is 0 Å². The number of hydrogen-bond acceptors (Lipinski definition) is 3. The third-order valence-corrected chi connectivity index (χ3v) is 6.66. The van der Waals surface area contributed by atoms with Gasteiger partial charge < -0.3 is 4.90 Å². The van der Waals surface area contributed by atoms with Crippen LogP contribution in [-0.4, -0.2) is 22.3 Å². The lowest BCUT2D eigenvalue weighted by atomic mass is 9.84. The second kappa shape index (κ2) is 7.53. The van der Waals surface area contributed by atoms with Gasteiger partial charge in [-0.25, -0.2) is 0 Å². The number of amides is 1. The molecular formula is C23H21ClN2OS. The summed E-state index contributed by atoms with van der Waals surface area (Å²) in [6.07, 6.45) is 3.31. The van der Waals surface area contributed by atoms with Gasteiger partial charge in [-0.2, -0.15) is 0 Å². The van der Waals surface area contributed by atoms with Gasteiger partial charge in [-0.3, -0.25) is 9.78 Å². The van der Waals surface area contributed by atoms with Crippen LogP contribution in [0.3, 0.4) is 0 Å². The van der Waals surface area contributed by atoms with Crippen molar-refractivity contribution in [2.24, 2.45) is 0 Å². The van der Waals surface area contributed by atoms with Crippen molar-refractivity contribution in [1.82, 2.24) is 9.88 Å². The molecule has 142 valence electrons. The number of fused-ring (bicyclic) bond motifs is 1. The lowest BCUT2D eigenvalue weighted by molar-refractivity contribution is -0.127. The minimum Gasteiger partial charge on any atom is -0.333 e. The topological polar surface area (TPSA) is 33.2 Å². The number of pyridine rings is 1. The molecule has 3 heterocycles. The molecule has 0 unspecified atom stereocenters. The standard InChI is InChI=1S/C23H21ClN2OS/c1-4-23(27)26-12-20(19-10-22(24)28-21(19)13-26)18-8-6-5-7-17(18)16-9-14(2)15(3)25-11-16/h4-11,20H,1,12-13H2,2-3H3/t20-/m1/s1. The molecule has 0 radical (unpaired) electrons. The van der Waals surface area contributed by atoms with Crippen molar-refractivity contribution in [3.63, 3.8) is 0 Å². The Morgan fingerprint density at radius 2 is 2.07 bits per heavy atom. The summed E-state index contributed by atoms with van der Waals surface area (Å²) >= 11 is 7.90. The first kappa shape index (κ1) is 18.9. The number of aryl methyl sites for hydroxylation is 2. The third kappa shape index (κ3) is 3.38. The molecule has 5 heteroatoms. The monoisotopic (exact) mass is 408 g/mol. The Bertz CT molecular complexity index is 1070. The van der Waals surface area contributed by atoms with Crippen molar-refractivity contribution >= 4 is 28.8 Å². The van der Waals surface area contributed by atoms with Crippen LogP contribution in [0.1, 0.15) is 33.2 Å². The maximum absolute atomic E-state index is 12.4. The largest absolute Gasteiger partial charge is 0.333 e. The summed E-state index contributed by atoms with van der Waals surface area (Å²) in [4.78, 5) is 19.9. The summed E-state index contributed by atoms with van der Waals surface area (Å²) in [5, 5.41) is 0. The highest BCUT2D eigenvalue weighted by molar-refractivity contribution is 7.16. The van der Waals surface area contributed by atoms with Gasteiger partial charge in [0.15, 0.2) is 0 Å². The van der Waals surface area contributed by atoms with E-state index in [2.05, 4.69) is 48.8 Å². The zero-order valence-electron chi connectivity index (χ0n) is 15.9. The molecule has 0 saturated carbocycles. The van der Waals surface area contributed by atoms with Crippen molar-refractivity contribution in [2.45, 2.75) is 26.3 Å². The average Bonchev–Trinajstić information content (AvgIpc) is 3.08. The Labute approximate surface area is 174 Å². The fraction of sp³-hybridized carbons (Fsp3) is 0.217. The van der Waals surface area contributed by atoms with Gasteiger partial charge in [-0.1, -0.05) is 42.4 Å². The minimum atomic E-state index is -0.0505. The van der Waals surface area contributed by atoms with Crippen LogP contribution in [-0.2, 0) is 11.3 Å². The van der Waals surface area contributed by atoms with E-state index in [1.165, 1.54) is 22.8 Å². The number of nitrogens with zero attached hydrogens (tertiary/aromatic N) is 2. The first-order chi connectivity index (χ1) is 13.5. The summed E-state index contributed by atoms with van der Waals surface area (Å²) in [6.45, 7) is 8.95. The molecule has 0 spiro atoms. The van der Waals surface area contributed by atoms with E-state index in [0.717, 1.165) is 26.0 Å². The third-order valence-electron chi connectivity index (χ3n) is 5.40. The average molecular weight is 409 g/mol. The predicted molar refractivity (Wildman–Crippen MR) is 116 cm³/mol. The molecule has 0 aliphatic carbocycles. The maximum Gasteiger partial charge on any atom is 0.246 e.